The second-order valence-corrected chi connectivity index (χ2v) is 5.57. The van der Waals surface area contributed by atoms with Crippen LogP contribution in [0.25, 0.3) is 0 Å². The number of ether oxygens (including phenoxy) is 1. The largest absolute Gasteiger partial charge is 0.367 e. The Bertz CT molecular complexity index is 918. The molecule has 0 bridgehead atoms. The Labute approximate surface area is 158 Å². The summed E-state index contributed by atoms with van der Waals surface area (Å²) in [4.78, 5) is 23.3. The fourth-order valence-corrected chi connectivity index (χ4v) is 2.44. The normalized spacial score (nSPS) is 7.83. The Morgan fingerprint density at radius 2 is 1.48 bits per heavy atom. The number of esters is 1. The van der Waals surface area contributed by atoms with Gasteiger partial charge in [-0.05, 0) is 59.7 Å². The SMILES string of the molecule is CC#CC#CC#CC#COC(=O)c1cc(Br)c(C(C)=O)cc1Br.[HH].[HH].[HH].[HH].[HH]. The van der Waals surface area contributed by atoms with Crippen molar-refractivity contribution in [2.75, 3.05) is 0 Å². The average Bonchev–Trinajstić information content (AvgIpc) is 2.51. The maximum absolute atomic E-state index is 11.9. The predicted molar refractivity (Wildman–Crippen MR) is 105 cm³/mol. The molecule has 1 aromatic rings. The van der Waals surface area contributed by atoms with Crippen LogP contribution in [-0.2, 0) is 4.74 Å². The van der Waals surface area contributed by atoms with Gasteiger partial charge in [-0.2, -0.15) is 0 Å². The van der Waals surface area contributed by atoms with Gasteiger partial charge in [-0.25, -0.2) is 4.79 Å². The molecule has 0 atom stereocenters. The van der Waals surface area contributed by atoms with Gasteiger partial charge in [0.15, 0.2) is 5.78 Å². The molecule has 5 heteroatoms. The highest BCUT2D eigenvalue weighted by Crippen LogP contribution is 2.27. The first-order valence-electron chi connectivity index (χ1n) is 6.10. The Morgan fingerprint density at radius 1 is 0.957 bits per heavy atom. The molecule has 0 saturated carbocycles. The van der Waals surface area contributed by atoms with E-state index in [0.717, 1.165) is 0 Å². The molecule has 0 radical (unpaired) electrons. The van der Waals surface area contributed by atoms with Crippen molar-refractivity contribution in [3.8, 4) is 47.5 Å². The maximum atomic E-state index is 11.9. The smallest absolute Gasteiger partial charge is 0.353 e. The molecule has 3 nitrogen and oxygen atoms in total. The Hall–Kier alpha value is -2.44. The van der Waals surface area contributed by atoms with E-state index in [9.17, 15) is 9.59 Å². The van der Waals surface area contributed by atoms with Crippen molar-refractivity contribution in [1.82, 2.24) is 0 Å². The third-order valence-corrected chi connectivity index (χ3v) is 3.60. The molecule has 0 aliphatic heterocycles. The lowest BCUT2D eigenvalue weighted by Crippen LogP contribution is -2.04. The van der Waals surface area contributed by atoms with Crippen LogP contribution in [0.1, 0.15) is 41.7 Å². The van der Waals surface area contributed by atoms with Crippen LogP contribution in [0.5, 0.6) is 0 Å². The minimum absolute atomic E-state index is 0. The summed E-state index contributed by atoms with van der Waals surface area (Å²) >= 11 is 6.47. The van der Waals surface area contributed by atoms with E-state index in [2.05, 4.69) is 79.4 Å². The van der Waals surface area contributed by atoms with Crippen molar-refractivity contribution in [3.63, 3.8) is 0 Å². The van der Waals surface area contributed by atoms with Crippen LogP contribution in [0.2, 0.25) is 0 Å². The molecular weight excluding hydrogens is 424 g/mol. The molecule has 0 heterocycles. The van der Waals surface area contributed by atoms with E-state index >= 15 is 0 Å². The van der Waals surface area contributed by atoms with Gasteiger partial charge in [0.1, 0.15) is 6.11 Å². The standard InChI is InChI=1S/C18H8Br2O3.5H2/c1-3-4-5-6-7-8-9-10-23-18(22)15-12-16(19)14(13(2)21)11-17(15)20;;;;;/h11-12H,1-2H3;5*1H. The van der Waals surface area contributed by atoms with Gasteiger partial charge in [0.05, 0.1) is 5.56 Å². The number of Topliss-reactive ketones (excluding diaryl/α,β-unsaturated/α-hetero) is 1. The molecular formula is C18H18Br2O3. The van der Waals surface area contributed by atoms with Gasteiger partial charge in [0.25, 0.3) is 0 Å². The van der Waals surface area contributed by atoms with E-state index in [1.807, 2.05) is 0 Å². The lowest BCUT2D eigenvalue weighted by Gasteiger charge is -2.05. The third-order valence-electron chi connectivity index (χ3n) is 2.29. The molecule has 0 unspecified atom stereocenters. The van der Waals surface area contributed by atoms with Gasteiger partial charge >= 0.3 is 5.97 Å². The quantitative estimate of drug-likeness (QED) is 0.376. The van der Waals surface area contributed by atoms with Crippen molar-refractivity contribution in [1.29, 1.82) is 0 Å². The first-order chi connectivity index (χ1) is 11.0. The molecule has 0 aliphatic carbocycles. The summed E-state index contributed by atoms with van der Waals surface area (Å²) < 4.78 is 5.72. The first-order valence-corrected chi connectivity index (χ1v) is 7.69. The summed E-state index contributed by atoms with van der Waals surface area (Å²) in [6, 6.07) is 3.03. The van der Waals surface area contributed by atoms with Crippen molar-refractivity contribution < 1.29 is 21.5 Å². The molecule has 0 amide bonds. The molecule has 122 valence electrons. The summed E-state index contributed by atoms with van der Waals surface area (Å²) in [6.07, 6.45) is 2.18. The number of benzene rings is 1. The van der Waals surface area contributed by atoms with E-state index in [4.69, 9.17) is 4.74 Å². The molecule has 23 heavy (non-hydrogen) atoms. The minimum atomic E-state index is -0.662. The van der Waals surface area contributed by atoms with Gasteiger partial charge in [-0.1, -0.05) is 21.9 Å². The molecule has 0 saturated heterocycles. The fraction of sp³-hybridized carbons (Fsp3) is 0.111. The highest BCUT2D eigenvalue weighted by molar-refractivity contribution is 9.11. The van der Waals surface area contributed by atoms with E-state index in [0.29, 0.717) is 14.5 Å². The summed E-state index contributed by atoms with van der Waals surface area (Å²) in [5.41, 5.74) is 0.696. The van der Waals surface area contributed by atoms with E-state index in [-0.39, 0.29) is 18.5 Å². The number of hydrogen-bond acceptors (Lipinski definition) is 3. The molecule has 0 aliphatic rings. The second kappa shape index (κ2) is 9.55. The predicted octanol–water partition coefficient (Wildman–Crippen LogP) is 4.79. The molecule has 0 spiro atoms. The lowest BCUT2D eigenvalue weighted by atomic mass is 10.1. The van der Waals surface area contributed by atoms with Gasteiger partial charge in [0.2, 0.25) is 0 Å². The average molecular weight is 442 g/mol. The van der Waals surface area contributed by atoms with E-state index < -0.39 is 5.97 Å². The van der Waals surface area contributed by atoms with Gasteiger partial charge in [0, 0.05) is 39.4 Å². The summed E-state index contributed by atoms with van der Waals surface area (Å²) in [6.45, 7) is 3.10. The van der Waals surface area contributed by atoms with Crippen LogP contribution in [0.15, 0.2) is 21.1 Å². The zero-order valence-corrected chi connectivity index (χ0v) is 15.3. The third kappa shape index (κ3) is 6.06. The van der Waals surface area contributed by atoms with E-state index in [1.165, 1.54) is 13.0 Å². The lowest BCUT2D eigenvalue weighted by molar-refractivity contribution is 0.0689. The van der Waals surface area contributed by atoms with Crippen LogP contribution < -0.4 is 0 Å². The molecule has 1 aromatic carbocycles. The Kier molecular flexibility index (Phi) is 7.73. The van der Waals surface area contributed by atoms with Gasteiger partial charge in [-0.15, -0.1) is 0 Å². The second-order valence-electron chi connectivity index (χ2n) is 3.86. The highest BCUT2D eigenvalue weighted by atomic mass is 79.9. The number of hydrogen-bond donors (Lipinski definition) is 0. The summed E-state index contributed by atoms with van der Waals surface area (Å²) in [5.74, 6) is 16.5. The number of rotatable bonds is 2. The van der Waals surface area contributed by atoms with Crippen LogP contribution in [-0.4, -0.2) is 11.8 Å². The van der Waals surface area contributed by atoms with Gasteiger partial charge < -0.3 is 4.74 Å². The molecule has 1 rings (SSSR count). The summed E-state index contributed by atoms with van der Waals surface area (Å²) in [5, 5.41) is 0. The topological polar surface area (TPSA) is 43.4 Å². The van der Waals surface area contributed by atoms with Crippen molar-refractivity contribution in [2.24, 2.45) is 0 Å². The first kappa shape index (κ1) is 18.6. The van der Waals surface area contributed by atoms with Crippen LogP contribution in [0.3, 0.4) is 0 Å². The summed E-state index contributed by atoms with van der Waals surface area (Å²) in [7, 11) is 0. The van der Waals surface area contributed by atoms with E-state index in [1.54, 1.807) is 13.0 Å². The van der Waals surface area contributed by atoms with Crippen molar-refractivity contribution in [2.45, 2.75) is 13.8 Å². The molecule has 0 aromatic heterocycles. The van der Waals surface area contributed by atoms with Gasteiger partial charge in [-0.3, -0.25) is 4.79 Å². The van der Waals surface area contributed by atoms with Crippen molar-refractivity contribution >= 4 is 43.6 Å². The number of carbonyl (C=O) groups is 2. The monoisotopic (exact) mass is 440 g/mol. The Balaban J connectivity index is -0.000000353. The fourth-order valence-electron chi connectivity index (χ4n) is 1.31. The zero-order chi connectivity index (χ0) is 17.2. The number of carbonyl (C=O) groups excluding carboxylic acids is 2. The van der Waals surface area contributed by atoms with Crippen LogP contribution >= 0.6 is 31.9 Å². The highest BCUT2D eigenvalue weighted by Gasteiger charge is 2.16. The number of ketones is 1. The van der Waals surface area contributed by atoms with Crippen molar-refractivity contribution in [3.05, 3.63) is 32.2 Å². The minimum Gasteiger partial charge on any atom is -0.367 e. The van der Waals surface area contributed by atoms with Crippen LogP contribution in [0, 0.1) is 47.5 Å². The zero-order valence-electron chi connectivity index (χ0n) is 12.1. The number of halogens is 2. The van der Waals surface area contributed by atoms with Crippen LogP contribution in [0.4, 0.5) is 0 Å². The Morgan fingerprint density at radius 3 is 2.09 bits per heavy atom. The maximum Gasteiger partial charge on any atom is 0.353 e. The molecule has 0 N–H and O–H groups in total. The molecule has 0 fully saturated rings.